The monoisotopic (exact) mass is 400 g/mol. The summed E-state index contributed by atoms with van der Waals surface area (Å²) in [6.07, 6.45) is 0.977. The fourth-order valence-corrected chi connectivity index (χ4v) is 4.35. The van der Waals surface area contributed by atoms with Crippen LogP contribution >= 0.6 is 43.5 Å². The molecular weight excluding hydrogens is 387 g/mol. The molecule has 0 nitrogen and oxygen atoms in total. The quantitative estimate of drug-likeness (QED) is 0.570. The van der Waals surface area contributed by atoms with Crippen molar-refractivity contribution in [3.05, 3.63) is 70.7 Å². The maximum absolute atomic E-state index is 6.14. The van der Waals surface area contributed by atoms with E-state index in [2.05, 4.69) is 68.3 Å². The first-order valence-electron chi connectivity index (χ1n) is 6.12. The van der Waals surface area contributed by atoms with E-state index in [0.29, 0.717) is 0 Å². The fourth-order valence-electron chi connectivity index (χ4n) is 2.19. The maximum Gasteiger partial charge on any atom is 0.0408 e. The summed E-state index contributed by atoms with van der Waals surface area (Å²) in [7, 11) is 0. The third-order valence-electron chi connectivity index (χ3n) is 3.33. The first-order chi connectivity index (χ1) is 9.20. The first kappa shape index (κ1) is 15.1. The summed E-state index contributed by atoms with van der Waals surface area (Å²) in [6, 6.07) is 18.7. The zero-order valence-corrected chi connectivity index (χ0v) is 14.4. The van der Waals surface area contributed by atoms with Crippen LogP contribution in [0.15, 0.2) is 54.6 Å². The van der Waals surface area contributed by atoms with Crippen molar-refractivity contribution in [2.24, 2.45) is 0 Å². The van der Waals surface area contributed by atoms with Gasteiger partial charge in [0.2, 0.25) is 0 Å². The molecule has 0 heterocycles. The van der Waals surface area contributed by atoms with Crippen LogP contribution in [0.4, 0.5) is 0 Å². The Morgan fingerprint density at radius 2 is 1.58 bits per heavy atom. The topological polar surface area (TPSA) is 0 Å². The van der Waals surface area contributed by atoms with Gasteiger partial charge in [-0.15, -0.1) is 0 Å². The Hall–Kier alpha value is -0.310. The second kappa shape index (κ2) is 6.92. The predicted octanol–water partition coefficient (Wildman–Crippen LogP) is 5.61. The molecule has 0 aliphatic heterocycles. The normalized spacial score (nSPS) is 11.5. The lowest BCUT2D eigenvalue weighted by molar-refractivity contribution is 0.551. The Morgan fingerprint density at radius 1 is 0.895 bits per heavy atom. The van der Waals surface area contributed by atoms with E-state index in [9.17, 15) is 0 Å². The minimum absolute atomic E-state index is 0.0201. The number of alkyl halides is 2. The number of rotatable bonds is 5. The van der Waals surface area contributed by atoms with E-state index in [4.69, 9.17) is 11.6 Å². The molecule has 0 bridgehead atoms. The van der Waals surface area contributed by atoms with Gasteiger partial charge < -0.3 is 0 Å². The first-order valence-corrected chi connectivity index (χ1v) is 8.74. The summed E-state index contributed by atoms with van der Waals surface area (Å²) in [6.45, 7) is 0. The summed E-state index contributed by atoms with van der Waals surface area (Å²) in [4.78, 5) is 0. The smallest absolute Gasteiger partial charge is 0.0408 e. The summed E-state index contributed by atoms with van der Waals surface area (Å²) in [5.41, 5.74) is 2.62. The second-order valence-electron chi connectivity index (χ2n) is 4.72. The van der Waals surface area contributed by atoms with Crippen LogP contribution in [0.25, 0.3) is 0 Å². The number of halogens is 3. The predicted molar refractivity (Wildman–Crippen MR) is 90.9 cm³/mol. The van der Waals surface area contributed by atoms with Gasteiger partial charge in [-0.3, -0.25) is 0 Å². The summed E-state index contributed by atoms with van der Waals surface area (Å²) < 4.78 is 0. The average molecular weight is 403 g/mol. The van der Waals surface area contributed by atoms with Crippen molar-refractivity contribution in [1.29, 1.82) is 0 Å². The van der Waals surface area contributed by atoms with Crippen molar-refractivity contribution in [2.45, 2.75) is 11.8 Å². The highest BCUT2D eigenvalue weighted by Gasteiger charge is 2.30. The van der Waals surface area contributed by atoms with Gasteiger partial charge in [-0.2, -0.15) is 0 Å². The van der Waals surface area contributed by atoms with Gasteiger partial charge in [-0.1, -0.05) is 85.9 Å². The fraction of sp³-hybridized carbons (Fsp3) is 0.250. The molecule has 0 saturated carbocycles. The van der Waals surface area contributed by atoms with Gasteiger partial charge in [0.1, 0.15) is 0 Å². The van der Waals surface area contributed by atoms with E-state index in [1.807, 2.05) is 18.2 Å². The van der Waals surface area contributed by atoms with Crippen LogP contribution in [0.3, 0.4) is 0 Å². The van der Waals surface area contributed by atoms with Gasteiger partial charge in [-0.25, -0.2) is 0 Å². The minimum Gasteiger partial charge on any atom is -0.0918 e. The Kier molecular flexibility index (Phi) is 5.49. The van der Waals surface area contributed by atoms with Gasteiger partial charge >= 0.3 is 0 Å². The highest BCUT2D eigenvalue weighted by molar-refractivity contribution is 9.09. The molecule has 0 saturated heterocycles. The Morgan fingerprint density at radius 3 is 2.16 bits per heavy atom. The van der Waals surface area contributed by atoms with Crippen molar-refractivity contribution in [2.75, 3.05) is 10.7 Å². The van der Waals surface area contributed by atoms with Crippen molar-refractivity contribution in [3.8, 4) is 0 Å². The molecule has 0 radical (unpaired) electrons. The van der Waals surface area contributed by atoms with Gasteiger partial charge in [0.15, 0.2) is 0 Å². The molecule has 19 heavy (non-hydrogen) atoms. The minimum atomic E-state index is 0.0201. The van der Waals surface area contributed by atoms with Crippen LogP contribution < -0.4 is 0 Å². The van der Waals surface area contributed by atoms with Crippen molar-refractivity contribution in [1.82, 2.24) is 0 Å². The van der Waals surface area contributed by atoms with Gasteiger partial charge in [0, 0.05) is 21.1 Å². The SMILES string of the molecule is Clc1cccc(C(CBr)(CBr)Cc2ccccc2)c1. The van der Waals surface area contributed by atoms with E-state index in [-0.39, 0.29) is 5.41 Å². The zero-order valence-electron chi connectivity index (χ0n) is 10.5. The number of hydrogen-bond acceptors (Lipinski definition) is 0. The molecule has 2 aromatic rings. The molecule has 0 aromatic heterocycles. The van der Waals surface area contributed by atoms with Crippen molar-refractivity contribution < 1.29 is 0 Å². The summed E-state index contributed by atoms with van der Waals surface area (Å²) >= 11 is 13.5. The Bertz CT molecular complexity index is 521. The molecule has 0 aliphatic rings. The molecule has 3 heteroatoms. The lowest BCUT2D eigenvalue weighted by Gasteiger charge is -2.31. The molecular formula is C16H15Br2Cl. The van der Waals surface area contributed by atoms with Crippen LogP contribution in [0.2, 0.25) is 5.02 Å². The van der Waals surface area contributed by atoms with E-state index < -0.39 is 0 Å². The Balaban J connectivity index is 2.37. The van der Waals surface area contributed by atoms with E-state index in [1.54, 1.807) is 0 Å². The average Bonchev–Trinajstić information content (AvgIpc) is 2.46. The Labute approximate surface area is 136 Å². The number of benzene rings is 2. The van der Waals surface area contributed by atoms with Crippen molar-refractivity contribution >= 4 is 43.5 Å². The van der Waals surface area contributed by atoms with Crippen LogP contribution in [0.1, 0.15) is 11.1 Å². The van der Waals surface area contributed by atoms with Crippen LogP contribution in [-0.2, 0) is 11.8 Å². The molecule has 0 spiro atoms. The molecule has 100 valence electrons. The zero-order chi connectivity index (χ0) is 13.7. The molecule has 0 atom stereocenters. The highest BCUT2D eigenvalue weighted by Crippen LogP contribution is 2.34. The molecule has 0 fully saturated rings. The van der Waals surface area contributed by atoms with E-state index in [1.165, 1.54) is 11.1 Å². The lowest BCUT2D eigenvalue weighted by Crippen LogP contribution is -2.32. The summed E-state index contributed by atoms with van der Waals surface area (Å²) in [5, 5.41) is 2.57. The summed E-state index contributed by atoms with van der Waals surface area (Å²) in [5.74, 6) is 0. The van der Waals surface area contributed by atoms with Gasteiger partial charge in [0.25, 0.3) is 0 Å². The van der Waals surface area contributed by atoms with E-state index in [0.717, 1.165) is 22.1 Å². The maximum atomic E-state index is 6.14. The van der Waals surface area contributed by atoms with Crippen LogP contribution in [-0.4, -0.2) is 10.7 Å². The molecule has 2 aromatic carbocycles. The molecule has 0 N–H and O–H groups in total. The standard InChI is InChI=1S/C16H15Br2Cl/c17-11-16(12-18,10-13-5-2-1-3-6-13)14-7-4-8-15(19)9-14/h1-9H,10-12H2. The third kappa shape index (κ3) is 3.62. The van der Waals surface area contributed by atoms with Crippen molar-refractivity contribution in [3.63, 3.8) is 0 Å². The second-order valence-corrected chi connectivity index (χ2v) is 6.28. The number of hydrogen-bond donors (Lipinski definition) is 0. The molecule has 0 aliphatic carbocycles. The van der Waals surface area contributed by atoms with E-state index >= 15 is 0 Å². The molecule has 0 unspecified atom stereocenters. The molecule has 0 amide bonds. The van der Waals surface area contributed by atoms with Crippen LogP contribution in [0, 0.1) is 0 Å². The molecule has 2 rings (SSSR count). The highest BCUT2D eigenvalue weighted by atomic mass is 79.9. The third-order valence-corrected chi connectivity index (χ3v) is 5.72. The van der Waals surface area contributed by atoms with Gasteiger partial charge in [-0.05, 0) is 29.7 Å². The van der Waals surface area contributed by atoms with Gasteiger partial charge in [0.05, 0.1) is 0 Å². The van der Waals surface area contributed by atoms with Crippen LogP contribution in [0.5, 0.6) is 0 Å². The largest absolute Gasteiger partial charge is 0.0918 e. The lowest BCUT2D eigenvalue weighted by atomic mass is 9.79.